The summed E-state index contributed by atoms with van der Waals surface area (Å²) in [5, 5.41) is 1.26. The van der Waals surface area contributed by atoms with Crippen molar-refractivity contribution in [1.29, 1.82) is 0 Å². The number of carbonyl (C=O) groups excluding carboxylic acids is 1. The second kappa shape index (κ2) is 6.15. The third-order valence-corrected chi connectivity index (χ3v) is 4.89. The van der Waals surface area contributed by atoms with E-state index in [1.807, 2.05) is 30.1 Å². The van der Waals surface area contributed by atoms with Crippen molar-refractivity contribution in [3.8, 4) is 0 Å². The summed E-state index contributed by atoms with van der Waals surface area (Å²) < 4.78 is 2.14. The fourth-order valence-corrected chi connectivity index (χ4v) is 3.89. The minimum Gasteiger partial charge on any atom is -0.315 e. The Balaban J connectivity index is 2.14. The van der Waals surface area contributed by atoms with Crippen molar-refractivity contribution < 1.29 is 4.79 Å². The molecule has 3 rings (SSSR count). The molecule has 0 amide bonds. The first-order valence-electron chi connectivity index (χ1n) is 7.39. The third-order valence-electron chi connectivity index (χ3n) is 3.78. The van der Waals surface area contributed by atoms with Crippen molar-refractivity contribution in [2.24, 2.45) is 0 Å². The van der Waals surface area contributed by atoms with Gasteiger partial charge in [0.15, 0.2) is 5.78 Å². The molecule has 0 saturated carbocycles. The standard InChI is InChI=1S/C18H20N2OS/c1-13(21)14-8-9-17-18(22-11-10-19(2)3)15-6-4-5-7-16(15)20(17)12-14/h4-9,12H,10-11H2,1-3H3. The lowest BCUT2D eigenvalue weighted by Crippen LogP contribution is -2.14. The van der Waals surface area contributed by atoms with E-state index < -0.39 is 0 Å². The molecule has 2 aromatic heterocycles. The molecule has 3 aromatic rings. The fourth-order valence-electron chi connectivity index (χ4n) is 2.59. The number of pyridine rings is 1. The number of carbonyl (C=O) groups is 1. The van der Waals surface area contributed by atoms with Crippen LogP contribution in [0.3, 0.4) is 0 Å². The maximum absolute atomic E-state index is 11.7. The largest absolute Gasteiger partial charge is 0.315 e. The molecule has 0 radical (unpaired) electrons. The summed E-state index contributed by atoms with van der Waals surface area (Å²) in [6.07, 6.45) is 1.95. The molecule has 0 fully saturated rings. The van der Waals surface area contributed by atoms with Gasteiger partial charge in [-0.05, 0) is 39.2 Å². The van der Waals surface area contributed by atoms with E-state index in [-0.39, 0.29) is 5.78 Å². The van der Waals surface area contributed by atoms with E-state index in [1.165, 1.54) is 15.8 Å². The molecule has 0 bridgehead atoms. The predicted molar refractivity (Wildman–Crippen MR) is 94.2 cm³/mol. The highest BCUT2D eigenvalue weighted by Crippen LogP contribution is 2.34. The van der Waals surface area contributed by atoms with E-state index in [0.717, 1.165) is 23.4 Å². The topological polar surface area (TPSA) is 24.7 Å². The van der Waals surface area contributed by atoms with Crippen molar-refractivity contribution in [3.05, 3.63) is 48.2 Å². The Morgan fingerprint density at radius 2 is 1.91 bits per heavy atom. The first-order chi connectivity index (χ1) is 10.6. The molecule has 2 heterocycles. The van der Waals surface area contributed by atoms with Crippen LogP contribution in [0, 0.1) is 0 Å². The van der Waals surface area contributed by atoms with Gasteiger partial charge >= 0.3 is 0 Å². The van der Waals surface area contributed by atoms with Crippen LogP contribution in [-0.2, 0) is 0 Å². The number of Topliss-reactive ketones (excluding diaryl/α,β-unsaturated/α-hetero) is 1. The van der Waals surface area contributed by atoms with Gasteiger partial charge in [-0.15, -0.1) is 11.8 Å². The van der Waals surface area contributed by atoms with Crippen molar-refractivity contribution in [2.75, 3.05) is 26.4 Å². The van der Waals surface area contributed by atoms with Crippen LogP contribution in [-0.4, -0.2) is 41.5 Å². The summed E-state index contributed by atoms with van der Waals surface area (Å²) in [7, 11) is 4.19. The maximum Gasteiger partial charge on any atom is 0.161 e. The van der Waals surface area contributed by atoms with E-state index >= 15 is 0 Å². The first-order valence-corrected chi connectivity index (χ1v) is 8.38. The average molecular weight is 312 g/mol. The van der Waals surface area contributed by atoms with Gasteiger partial charge in [0.1, 0.15) is 0 Å². The zero-order chi connectivity index (χ0) is 15.7. The number of nitrogens with zero attached hydrogens (tertiary/aromatic N) is 2. The number of hydrogen-bond donors (Lipinski definition) is 0. The highest BCUT2D eigenvalue weighted by Gasteiger charge is 2.13. The first kappa shape index (κ1) is 15.1. The van der Waals surface area contributed by atoms with Gasteiger partial charge in [-0.3, -0.25) is 4.79 Å². The summed E-state index contributed by atoms with van der Waals surface area (Å²) in [6.45, 7) is 2.65. The smallest absolute Gasteiger partial charge is 0.161 e. The Kier molecular flexibility index (Phi) is 4.23. The maximum atomic E-state index is 11.7. The van der Waals surface area contributed by atoms with Gasteiger partial charge in [0.25, 0.3) is 0 Å². The average Bonchev–Trinajstić information content (AvgIpc) is 2.81. The van der Waals surface area contributed by atoms with Gasteiger partial charge in [-0.1, -0.05) is 18.2 Å². The summed E-state index contributed by atoms with van der Waals surface area (Å²) in [5.74, 6) is 1.15. The van der Waals surface area contributed by atoms with Crippen LogP contribution >= 0.6 is 11.8 Å². The SMILES string of the molecule is CC(=O)c1ccc2c(SCCN(C)C)c3ccccc3n2c1. The molecule has 22 heavy (non-hydrogen) atoms. The number of thioether (sulfide) groups is 1. The van der Waals surface area contributed by atoms with Crippen LogP contribution in [0.4, 0.5) is 0 Å². The molecular weight excluding hydrogens is 292 g/mol. The highest BCUT2D eigenvalue weighted by atomic mass is 32.2. The van der Waals surface area contributed by atoms with Crippen LogP contribution in [0.5, 0.6) is 0 Å². The van der Waals surface area contributed by atoms with Crippen LogP contribution < -0.4 is 0 Å². The molecule has 114 valence electrons. The monoisotopic (exact) mass is 312 g/mol. The molecule has 0 saturated heterocycles. The highest BCUT2D eigenvalue weighted by molar-refractivity contribution is 7.99. The zero-order valence-corrected chi connectivity index (χ0v) is 14.0. The number of rotatable bonds is 5. The van der Waals surface area contributed by atoms with Crippen molar-refractivity contribution in [2.45, 2.75) is 11.8 Å². The predicted octanol–water partition coefficient (Wildman–Crippen LogP) is 3.95. The van der Waals surface area contributed by atoms with Gasteiger partial charge < -0.3 is 9.30 Å². The number of fused-ring (bicyclic) bond motifs is 3. The third kappa shape index (κ3) is 2.76. The van der Waals surface area contributed by atoms with Gasteiger partial charge in [0.2, 0.25) is 0 Å². The van der Waals surface area contributed by atoms with Crippen molar-refractivity contribution in [3.63, 3.8) is 0 Å². The molecule has 0 atom stereocenters. The number of ketones is 1. The molecular formula is C18H20N2OS. The molecule has 3 nitrogen and oxygen atoms in total. The molecule has 0 aliphatic rings. The normalized spacial score (nSPS) is 11.6. The van der Waals surface area contributed by atoms with E-state index in [2.05, 4.69) is 47.7 Å². The van der Waals surface area contributed by atoms with E-state index in [9.17, 15) is 4.79 Å². The second-order valence-corrected chi connectivity index (χ2v) is 6.83. The fraction of sp³-hybridized carbons (Fsp3) is 0.278. The lowest BCUT2D eigenvalue weighted by atomic mass is 10.2. The zero-order valence-electron chi connectivity index (χ0n) is 13.2. The molecule has 0 aliphatic heterocycles. The molecule has 0 aliphatic carbocycles. The Hall–Kier alpha value is -1.78. The molecule has 1 aromatic carbocycles. The van der Waals surface area contributed by atoms with Crippen LogP contribution in [0.1, 0.15) is 17.3 Å². The molecule has 0 N–H and O–H groups in total. The van der Waals surface area contributed by atoms with Crippen molar-refractivity contribution >= 4 is 34.0 Å². The van der Waals surface area contributed by atoms with Gasteiger partial charge in [-0.2, -0.15) is 0 Å². The Morgan fingerprint density at radius 3 is 2.64 bits per heavy atom. The van der Waals surface area contributed by atoms with Gasteiger partial charge in [0.05, 0.1) is 11.0 Å². The Labute approximate surface area is 134 Å². The van der Waals surface area contributed by atoms with Crippen LogP contribution in [0.15, 0.2) is 47.5 Å². The minimum atomic E-state index is 0.0986. The van der Waals surface area contributed by atoms with Gasteiger partial charge in [0, 0.05) is 34.3 Å². The summed E-state index contributed by atoms with van der Waals surface area (Å²) >= 11 is 1.88. The Morgan fingerprint density at radius 1 is 1.14 bits per heavy atom. The summed E-state index contributed by atoms with van der Waals surface area (Å²) in [5.41, 5.74) is 3.08. The van der Waals surface area contributed by atoms with E-state index in [4.69, 9.17) is 0 Å². The number of aromatic nitrogens is 1. The van der Waals surface area contributed by atoms with Gasteiger partial charge in [-0.25, -0.2) is 0 Å². The Bertz CT molecular complexity index is 836. The molecule has 4 heteroatoms. The number of benzene rings is 1. The second-order valence-electron chi connectivity index (χ2n) is 5.73. The lowest BCUT2D eigenvalue weighted by Gasteiger charge is -2.08. The van der Waals surface area contributed by atoms with Crippen LogP contribution in [0.2, 0.25) is 0 Å². The number of para-hydroxylation sites is 1. The number of hydrogen-bond acceptors (Lipinski definition) is 3. The summed E-state index contributed by atoms with van der Waals surface area (Å²) in [6, 6.07) is 12.4. The van der Waals surface area contributed by atoms with Crippen LogP contribution in [0.25, 0.3) is 16.4 Å². The lowest BCUT2D eigenvalue weighted by molar-refractivity contribution is 0.101. The quantitative estimate of drug-likeness (QED) is 0.527. The molecule has 0 unspecified atom stereocenters. The van der Waals surface area contributed by atoms with Crippen molar-refractivity contribution in [1.82, 2.24) is 9.30 Å². The van der Waals surface area contributed by atoms with E-state index in [1.54, 1.807) is 6.92 Å². The summed E-state index contributed by atoms with van der Waals surface area (Å²) in [4.78, 5) is 15.1. The van der Waals surface area contributed by atoms with E-state index in [0.29, 0.717) is 0 Å². The minimum absolute atomic E-state index is 0.0986. The molecule has 0 spiro atoms.